The summed E-state index contributed by atoms with van der Waals surface area (Å²) in [7, 11) is 0. The van der Waals surface area contributed by atoms with Gasteiger partial charge in [0.15, 0.2) is 0 Å². The van der Waals surface area contributed by atoms with Gasteiger partial charge in [-0.05, 0) is 40.2 Å². The lowest BCUT2D eigenvalue weighted by atomic mass is 10.2. The zero-order valence-electron chi connectivity index (χ0n) is 8.40. The fourth-order valence-corrected chi connectivity index (χ4v) is 1.78. The quantitative estimate of drug-likeness (QED) is 0.933. The first-order chi connectivity index (χ1) is 7.79. The highest BCUT2D eigenvalue weighted by Crippen LogP contribution is 2.21. The summed E-state index contributed by atoms with van der Waals surface area (Å²) in [5.41, 5.74) is 2.68. The monoisotopic (exact) mass is 276 g/mol. The van der Waals surface area contributed by atoms with Crippen molar-refractivity contribution in [1.29, 1.82) is 5.26 Å². The lowest BCUT2D eigenvalue weighted by molar-refractivity contribution is 0.564. The van der Waals surface area contributed by atoms with E-state index in [9.17, 15) is 0 Å². The molecule has 2 rings (SSSR count). The lowest BCUT2D eigenvalue weighted by Gasteiger charge is -2.05. The molecule has 0 spiro atoms. The first kappa shape index (κ1) is 10.8. The van der Waals surface area contributed by atoms with Crippen molar-refractivity contribution in [2.45, 2.75) is 6.54 Å². The van der Waals surface area contributed by atoms with Gasteiger partial charge >= 0.3 is 0 Å². The van der Waals surface area contributed by atoms with E-state index in [0.29, 0.717) is 12.1 Å². The predicted octanol–water partition coefficient (Wildman–Crippen LogP) is 3.53. The van der Waals surface area contributed by atoms with Gasteiger partial charge in [0, 0.05) is 22.3 Å². The van der Waals surface area contributed by atoms with Crippen molar-refractivity contribution in [2.24, 2.45) is 0 Å². The molecule has 0 radical (unpaired) electrons. The fraction of sp³-hybridized carbons (Fsp3) is 0.0833. The van der Waals surface area contributed by atoms with Crippen molar-refractivity contribution in [3.8, 4) is 6.07 Å². The fourth-order valence-electron chi connectivity index (χ4n) is 1.31. The summed E-state index contributed by atoms with van der Waals surface area (Å²) in [5.74, 6) is 0. The third kappa shape index (κ3) is 2.44. The van der Waals surface area contributed by atoms with Crippen molar-refractivity contribution in [2.75, 3.05) is 5.32 Å². The number of hydrogen-bond acceptors (Lipinski definition) is 3. The standard InChI is InChI=1S/C12H9BrN2O/c13-12-5-11(2-1-10(12)6-14)15-7-9-3-4-16-8-9/h1-5,8,15H,7H2. The van der Waals surface area contributed by atoms with Crippen LogP contribution in [0.15, 0.2) is 45.7 Å². The molecule has 1 heterocycles. The van der Waals surface area contributed by atoms with Crippen molar-refractivity contribution in [1.82, 2.24) is 0 Å². The van der Waals surface area contributed by atoms with Crippen LogP contribution in [0.2, 0.25) is 0 Å². The summed E-state index contributed by atoms with van der Waals surface area (Å²) < 4.78 is 5.77. The Balaban J connectivity index is 2.06. The Kier molecular flexibility index (Phi) is 3.28. The van der Waals surface area contributed by atoms with Gasteiger partial charge in [-0.3, -0.25) is 0 Å². The Labute approximate surface area is 102 Å². The Morgan fingerprint density at radius 2 is 2.25 bits per heavy atom. The smallest absolute Gasteiger partial charge is 0.100 e. The second-order valence-corrected chi connectivity index (χ2v) is 4.15. The van der Waals surface area contributed by atoms with Crippen molar-refractivity contribution >= 4 is 21.6 Å². The van der Waals surface area contributed by atoms with E-state index < -0.39 is 0 Å². The molecule has 0 saturated heterocycles. The largest absolute Gasteiger partial charge is 0.472 e. The molecule has 0 aliphatic rings. The molecule has 1 aromatic carbocycles. The average Bonchev–Trinajstić information content (AvgIpc) is 2.79. The van der Waals surface area contributed by atoms with Crippen LogP contribution in [0.5, 0.6) is 0 Å². The topological polar surface area (TPSA) is 49.0 Å². The van der Waals surface area contributed by atoms with Crippen molar-refractivity contribution < 1.29 is 4.42 Å². The van der Waals surface area contributed by atoms with Crippen LogP contribution in [0.25, 0.3) is 0 Å². The van der Waals surface area contributed by atoms with Gasteiger partial charge in [-0.25, -0.2) is 0 Å². The summed E-state index contributed by atoms with van der Waals surface area (Å²) in [6, 6.07) is 9.56. The molecule has 3 nitrogen and oxygen atoms in total. The Morgan fingerprint density at radius 1 is 1.38 bits per heavy atom. The van der Waals surface area contributed by atoms with E-state index in [2.05, 4.69) is 27.3 Å². The Morgan fingerprint density at radius 3 is 2.88 bits per heavy atom. The number of rotatable bonds is 3. The molecular formula is C12H9BrN2O. The van der Waals surface area contributed by atoms with Crippen LogP contribution in [-0.2, 0) is 6.54 Å². The van der Waals surface area contributed by atoms with Gasteiger partial charge in [0.2, 0.25) is 0 Å². The molecule has 0 aliphatic heterocycles. The maximum absolute atomic E-state index is 8.78. The Bertz CT molecular complexity index is 514. The second-order valence-electron chi connectivity index (χ2n) is 3.29. The molecular weight excluding hydrogens is 268 g/mol. The number of hydrogen-bond donors (Lipinski definition) is 1. The van der Waals surface area contributed by atoms with Gasteiger partial charge in [0.05, 0.1) is 18.1 Å². The van der Waals surface area contributed by atoms with Gasteiger partial charge in [0.1, 0.15) is 6.07 Å². The van der Waals surface area contributed by atoms with E-state index in [1.165, 1.54) is 0 Å². The minimum atomic E-state index is 0.633. The molecule has 80 valence electrons. The summed E-state index contributed by atoms with van der Waals surface area (Å²) >= 11 is 3.35. The number of halogens is 1. The summed E-state index contributed by atoms with van der Waals surface area (Å²) in [5, 5.41) is 12.0. The SMILES string of the molecule is N#Cc1ccc(NCc2ccoc2)cc1Br. The van der Waals surface area contributed by atoms with E-state index in [0.717, 1.165) is 15.7 Å². The number of nitrogens with one attached hydrogen (secondary N) is 1. The van der Waals surface area contributed by atoms with Crippen LogP contribution in [-0.4, -0.2) is 0 Å². The number of furan rings is 1. The molecule has 0 saturated carbocycles. The number of anilines is 1. The molecule has 1 aromatic heterocycles. The molecule has 1 N–H and O–H groups in total. The molecule has 0 fully saturated rings. The van der Waals surface area contributed by atoms with Gasteiger partial charge in [-0.15, -0.1) is 0 Å². The zero-order valence-corrected chi connectivity index (χ0v) is 9.99. The van der Waals surface area contributed by atoms with Crippen LogP contribution in [0.1, 0.15) is 11.1 Å². The lowest BCUT2D eigenvalue weighted by Crippen LogP contribution is -1.98. The molecule has 4 heteroatoms. The molecule has 16 heavy (non-hydrogen) atoms. The van der Waals surface area contributed by atoms with Gasteiger partial charge in [-0.1, -0.05) is 0 Å². The highest BCUT2D eigenvalue weighted by Gasteiger charge is 2.00. The first-order valence-electron chi connectivity index (χ1n) is 4.74. The number of nitriles is 1. The maximum atomic E-state index is 8.78. The normalized spacial score (nSPS) is 9.75. The number of nitrogens with zero attached hydrogens (tertiary/aromatic N) is 1. The van der Waals surface area contributed by atoms with Crippen LogP contribution >= 0.6 is 15.9 Å². The second kappa shape index (κ2) is 4.86. The summed E-state index contributed by atoms with van der Waals surface area (Å²) in [4.78, 5) is 0. The van der Waals surface area contributed by atoms with Crippen LogP contribution in [0.4, 0.5) is 5.69 Å². The maximum Gasteiger partial charge on any atom is 0.100 e. The molecule has 0 atom stereocenters. The molecule has 0 amide bonds. The van der Waals surface area contributed by atoms with E-state index in [1.54, 1.807) is 18.6 Å². The molecule has 0 bridgehead atoms. The van der Waals surface area contributed by atoms with Crippen LogP contribution in [0, 0.1) is 11.3 Å². The van der Waals surface area contributed by atoms with E-state index in [-0.39, 0.29) is 0 Å². The van der Waals surface area contributed by atoms with Crippen LogP contribution < -0.4 is 5.32 Å². The van der Waals surface area contributed by atoms with E-state index in [1.807, 2.05) is 18.2 Å². The van der Waals surface area contributed by atoms with Crippen molar-refractivity contribution in [3.05, 3.63) is 52.4 Å². The third-order valence-corrected chi connectivity index (χ3v) is 2.82. The molecule has 0 aliphatic carbocycles. The minimum Gasteiger partial charge on any atom is -0.472 e. The van der Waals surface area contributed by atoms with Gasteiger partial charge in [0.25, 0.3) is 0 Å². The van der Waals surface area contributed by atoms with E-state index >= 15 is 0 Å². The highest BCUT2D eigenvalue weighted by atomic mass is 79.9. The van der Waals surface area contributed by atoms with Gasteiger partial charge in [-0.2, -0.15) is 5.26 Å². The van der Waals surface area contributed by atoms with Crippen LogP contribution in [0.3, 0.4) is 0 Å². The number of benzene rings is 1. The third-order valence-electron chi connectivity index (χ3n) is 2.17. The average molecular weight is 277 g/mol. The Hall–Kier alpha value is -1.73. The predicted molar refractivity (Wildman–Crippen MR) is 64.9 cm³/mol. The van der Waals surface area contributed by atoms with E-state index in [4.69, 9.17) is 9.68 Å². The van der Waals surface area contributed by atoms with Gasteiger partial charge < -0.3 is 9.73 Å². The molecule has 2 aromatic rings. The van der Waals surface area contributed by atoms with Crippen molar-refractivity contribution in [3.63, 3.8) is 0 Å². The summed E-state index contributed by atoms with van der Waals surface area (Å²) in [6.07, 6.45) is 3.34. The zero-order chi connectivity index (χ0) is 11.4. The minimum absolute atomic E-state index is 0.633. The first-order valence-corrected chi connectivity index (χ1v) is 5.53. The molecule has 0 unspecified atom stereocenters. The highest BCUT2D eigenvalue weighted by molar-refractivity contribution is 9.10. The summed E-state index contributed by atoms with van der Waals surface area (Å²) in [6.45, 7) is 0.703.